The number of nitrogen functional groups attached to an aromatic ring is 2. The van der Waals surface area contributed by atoms with Gasteiger partial charge >= 0.3 is 0 Å². The van der Waals surface area contributed by atoms with Crippen molar-refractivity contribution >= 4 is 11.8 Å². The third-order valence-electron chi connectivity index (χ3n) is 2.42. The largest absolute Gasteiger partial charge is 0.383 e. The Labute approximate surface area is 100 Å². The van der Waals surface area contributed by atoms with Gasteiger partial charge in [-0.3, -0.25) is 0 Å². The van der Waals surface area contributed by atoms with E-state index in [1.165, 1.54) is 6.20 Å². The molecule has 1 aromatic carbocycles. The summed E-state index contributed by atoms with van der Waals surface area (Å²) in [4.78, 5) is 7.32. The van der Waals surface area contributed by atoms with Crippen molar-refractivity contribution in [3.63, 3.8) is 0 Å². The van der Waals surface area contributed by atoms with Gasteiger partial charge < -0.3 is 11.5 Å². The lowest BCUT2D eigenvalue weighted by Gasteiger charge is -2.07. The van der Waals surface area contributed by atoms with Crippen LogP contribution in [0.25, 0.3) is 0 Å². The van der Waals surface area contributed by atoms with E-state index in [4.69, 9.17) is 11.5 Å². The molecule has 0 saturated carbocycles. The quantitative estimate of drug-likeness (QED) is 0.799. The molecule has 0 fully saturated rings. The Morgan fingerprint density at radius 3 is 2.39 bits per heavy atom. The van der Waals surface area contributed by atoms with Crippen molar-refractivity contribution in [2.24, 2.45) is 0 Å². The van der Waals surface area contributed by atoms with Crippen LogP contribution in [0.15, 0.2) is 18.3 Å². The van der Waals surface area contributed by atoms with Crippen LogP contribution in [-0.2, 0) is 6.42 Å². The molecule has 0 aliphatic carbocycles. The van der Waals surface area contributed by atoms with Crippen LogP contribution in [0.3, 0.4) is 0 Å². The first-order chi connectivity index (χ1) is 8.49. The predicted molar refractivity (Wildman–Crippen MR) is 60.0 cm³/mol. The first-order valence-electron chi connectivity index (χ1n) is 4.98. The monoisotopic (exact) mass is 254 g/mol. The standard InChI is InChI=1S/C11H9F3N4/c12-7-1-2-8(13)9(14)6(7)3-5-4-17-11(16)18-10(5)15/h1-2,4H,3H2,(H4,15,16,17,18). The lowest BCUT2D eigenvalue weighted by atomic mass is 10.1. The molecule has 4 nitrogen and oxygen atoms in total. The number of rotatable bonds is 2. The van der Waals surface area contributed by atoms with Crippen molar-refractivity contribution in [3.05, 3.63) is 46.9 Å². The van der Waals surface area contributed by atoms with E-state index >= 15 is 0 Å². The van der Waals surface area contributed by atoms with Gasteiger partial charge in [-0.15, -0.1) is 0 Å². The second-order valence-corrected chi connectivity index (χ2v) is 3.64. The summed E-state index contributed by atoms with van der Waals surface area (Å²) >= 11 is 0. The first kappa shape index (κ1) is 12.2. The van der Waals surface area contributed by atoms with Crippen molar-refractivity contribution in [2.45, 2.75) is 6.42 Å². The maximum Gasteiger partial charge on any atom is 0.221 e. The van der Waals surface area contributed by atoms with Gasteiger partial charge in [0.15, 0.2) is 11.6 Å². The maximum atomic E-state index is 13.4. The van der Waals surface area contributed by atoms with Gasteiger partial charge in [-0.05, 0) is 12.1 Å². The Morgan fingerprint density at radius 2 is 1.72 bits per heavy atom. The minimum absolute atomic E-state index is 0.00515. The zero-order chi connectivity index (χ0) is 13.3. The topological polar surface area (TPSA) is 77.8 Å². The van der Waals surface area contributed by atoms with E-state index in [0.717, 1.165) is 12.1 Å². The molecule has 0 atom stereocenters. The van der Waals surface area contributed by atoms with Crippen LogP contribution in [-0.4, -0.2) is 9.97 Å². The van der Waals surface area contributed by atoms with Gasteiger partial charge in [-0.2, -0.15) is 4.98 Å². The highest BCUT2D eigenvalue weighted by atomic mass is 19.2. The summed E-state index contributed by atoms with van der Waals surface area (Å²) < 4.78 is 39.9. The smallest absolute Gasteiger partial charge is 0.221 e. The zero-order valence-electron chi connectivity index (χ0n) is 9.12. The molecule has 2 rings (SSSR count). The maximum absolute atomic E-state index is 13.4. The van der Waals surface area contributed by atoms with Gasteiger partial charge in [-0.25, -0.2) is 18.2 Å². The molecule has 0 amide bonds. The lowest BCUT2D eigenvalue weighted by Crippen LogP contribution is -2.06. The Kier molecular flexibility index (Phi) is 3.05. The average molecular weight is 254 g/mol. The minimum Gasteiger partial charge on any atom is -0.383 e. The summed E-state index contributed by atoms with van der Waals surface area (Å²) in [5.74, 6) is -3.26. The van der Waals surface area contributed by atoms with Gasteiger partial charge in [0.05, 0.1) is 0 Å². The molecule has 0 unspecified atom stereocenters. The van der Waals surface area contributed by atoms with E-state index in [9.17, 15) is 13.2 Å². The molecular weight excluding hydrogens is 245 g/mol. The van der Waals surface area contributed by atoms with Crippen LogP contribution >= 0.6 is 0 Å². The molecule has 0 aliphatic heterocycles. The molecule has 18 heavy (non-hydrogen) atoms. The van der Waals surface area contributed by atoms with Gasteiger partial charge in [0.1, 0.15) is 11.6 Å². The van der Waals surface area contributed by atoms with Crippen molar-refractivity contribution < 1.29 is 13.2 Å². The Morgan fingerprint density at radius 1 is 1.06 bits per heavy atom. The molecule has 1 aromatic heterocycles. The van der Waals surface area contributed by atoms with E-state index in [0.29, 0.717) is 0 Å². The highest BCUT2D eigenvalue weighted by Gasteiger charge is 2.15. The summed E-state index contributed by atoms with van der Waals surface area (Å²) in [5, 5.41) is 0. The molecule has 94 valence electrons. The van der Waals surface area contributed by atoms with Crippen molar-refractivity contribution in [1.29, 1.82) is 0 Å². The second-order valence-electron chi connectivity index (χ2n) is 3.64. The number of nitrogens with zero attached hydrogens (tertiary/aromatic N) is 2. The number of halogens is 3. The van der Waals surface area contributed by atoms with Crippen molar-refractivity contribution in [3.8, 4) is 0 Å². The van der Waals surface area contributed by atoms with E-state index in [2.05, 4.69) is 9.97 Å². The molecule has 1 heterocycles. The molecular formula is C11H9F3N4. The summed E-state index contributed by atoms with van der Waals surface area (Å²) in [7, 11) is 0. The number of aromatic nitrogens is 2. The normalized spacial score (nSPS) is 10.6. The fourth-order valence-electron chi connectivity index (χ4n) is 1.49. The Bertz CT molecular complexity index is 601. The number of hydrogen-bond donors (Lipinski definition) is 2. The Hall–Kier alpha value is -2.31. The third kappa shape index (κ3) is 2.20. The second kappa shape index (κ2) is 4.52. The SMILES string of the molecule is Nc1ncc(Cc2c(F)ccc(F)c2F)c(N)n1. The molecule has 0 saturated heterocycles. The Balaban J connectivity index is 2.43. The van der Waals surface area contributed by atoms with Gasteiger partial charge in [-0.1, -0.05) is 0 Å². The molecule has 7 heteroatoms. The zero-order valence-corrected chi connectivity index (χ0v) is 9.12. The van der Waals surface area contributed by atoms with Crippen LogP contribution in [0, 0.1) is 17.5 Å². The van der Waals surface area contributed by atoms with E-state index in [1.54, 1.807) is 0 Å². The molecule has 0 aliphatic rings. The van der Waals surface area contributed by atoms with Crippen LogP contribution in [0.1, 0.15) is 11.1 Å². The number of nitrogens with two attached hydrogens (primary N) is 2. The molecule has 4 N–H and O–H groups in total. The molecule has 2 aromatic rings. The highest BCUT2D eigenvalue weighted by molar-refractivity contribution is 5.44. The molecule has 0 spiro atoms. The molecule has 0 bridgehead atoms. The fraction of sp³-hybridized carbons (Fsp3) is 0.0909. The predicted octanol–water partition coefficient (Wildman–Crippen LogP) is 1.65. The van der Waals surface area contributed by atoms with Gasteiger partial charge in [0, 0.05) is 23.7 Å². The minimum atomic E-state index is -1.24. The number of benzene rings is 1. The summed E-state index contributed by atoms with van der Waals surface area (Å²) in [6.45, 7) is 0. The average Bonchev–Trinajstić information content (AvgIpc) is 2.32. The van der Waals surface area contributed by atoms with Gasteiger partial charge in [0.2, 0.25) is 5.95 Å². The molecule has 0 radical (unpaired) electrons. The van der Waals surface area contributed by atoms with Gasteiger partial charge in [0.25, 0.3) is 0 Å². The van der Waals surface area contributed by atoms with Crippen LogP contribution in [0.4, 0.5) is 24.9 Å². The summed E-state index contributed by atoms with van der Waals surface area (Å²) in [6, 6.07) is 1.57. The third-order valence-corrected chi connectivity index (χ3v) is 2.42. The summed E-state index contributed by atoms with van der Waals surface area (Å²) in [5.41, 5.74) is 10.7. The van der Waals surface area contributed by atoms with E-state index in [1.807, 2.05) is 0 Å². The highest BCUT2D eigenvalue weighted by Crippen LogP contribution is 2.21. The van der Waals surface area contributed by atoms with Crippen LogP contribution in [0.2, 0.25) is 0 Å². The number of hydrogen-bond acceptors (Lipinski definition) is 4. The van der Waals surface area contributed by atoms with E-state index in [-0.39, 0.29) is 23.8 Å². The van der Waals surface area contributed by atoms with Crippen molar-refractivity contribution in [1.82, 2.24) is 9.97 Å². The van der Waals surface area contributed by atoms with Crippen molar-refractivity contribution in [2.75, 3.05) is 11.5 Å². The lowest BCUT2D eigenvalue weighted by molar-refractivity contribution is 0.482. The van der Waals surface area contributed by atoms with Crippen LogP contribution < -0.4 is 11.5 Å². The number of anilines is 2. The van der Waals surface area contributed by atoms with Crippen LogP contribution in [0.5, 0.6) is 0 Å². The summed E-state index contributed by atoms with van der Waals surface area (Å²) in [6.07, 6.45) is 1.00. The van der Waals surface area contributed by atoms with E-state index < -0.39 is 23.0 Å². The fourth-order valence-corrected chi connectivity index (χ4v) is 1.49. The first-order valence-corrected chi connectivity index (χ1v) is 4.98.